The molecule has 0 unspecified atom stereocenters. The first-order valence-electron chi connectivity index (χ1n) is 7.86. The second kappa shape index (κ2) is 49.5. The summed E-state index contributed by atoms with van der Waals surface area (Å²) in [6.45, 7) is 26.1. The van der Waals surface area contributed by atoms with Gasteiger partial charge in [-0.05, 0) is 68.4 Å². The maximum atomic E-state index is 4.50. The predicted molar refractivity (Wildman–Crippen MR) is 132 cm³/mol. The quantitative estimate of drug-likeness (QED) is 0.544. The zero-order valence-electron chi connectivity index (χ0n) is 18.9. The normalized spacial score (nSPS) is 6.04. The third-order valence-electron chi connectivity index (χ3n) is 1.19. The lowest BCUT2D eigenvalue weighted by molar-refractivity contribution is 0.516. The van der Waals surface area contributed by atoms with Crippen LogP contribution in [0, 0.1) is 0 Å². The fraction of sp³-hybridized carbons (Fsp3) is 0.636. The summed E-state index contributed by atoms with van der Waals surface area (Å²) in [6, 6.07) is 0. The molecule has 0 aliphatic carbocycles. The van der Waals surface area contributed by atoms with E-state index in [1.54, 1.807) is 0 Å². The van der Waals surface area contributed by atoms with E-state index in [9.17, 15) is 0 Å². The molecule has 4 N–H and O–H groups in total. The average molecular weight is 377 g/mol. The Kier molecular flexibility index (Phi) is 94.6. The lowest BCUT2D eigenvalue weighted by Crippen LogP contribution is -2.05. The molecule has 4 heteroatoms. The van der Waals surface area contributed by atoms with Crippen molar-refractivity contribution in [2.75, 3.05) is 42.3 Å². The Bertz CT molecular complexity index is 260. The minimum absolute atomic E-state index is 0. The van der Waals surface area contributed by atoms with Gasteiger partial charge in [0.25, 0.3) is 0 Å². The molecule has 0 fully saturated rings. The number of hydrogen-bond donors (Lipinski definition) is 3. The van der Waals surface area contributed by atoms with Crippen LogP contribution in [0.3, 0.4) is 0 Å². The Morgan fingerprint density at radius 1 is 0.692 bits per heavy atom. The Labute approximate surface area is 169 Å². The Morgan fingerprint density at radius 3 is 0.769 bits per heavy atom. The Hall–Kier alpha value is -1.52. The first kappa shape index (κ1) is 49.7. The van der Waals surface area contributed by atoms with E-state index in [0.29, 0.717) is 0 Å². The SMILES string of the molecule is C.C.C=C(C)C.C=C(C)C.C=C(C)N(C)C.C=C(C)NC.CN.CNC. The number of hydrogen-bond acceptors (Lipinski definition) is 4. The molecule has 0 aliphatic rings. The van der Waals surface area contributed by atoms with Gasteiger partial charge in [0.15, 0.2) is 0 Å². The van der Waals surface area contributed by atoms with Gasteiger partial charge in [0.2, 0.25) is 0 Å². The minimum atomic E-state index is 0. The highest BCUT2D eigenvalue weighted by molar-refractivity contribution is 4.83. The fourth-order valence-corrected chi connectivity index (χ4v) is 0. The highest BCUT2D eigenvalue weighted by Gasteiger charge is 1.79. The summed E-state index contributed by atoms with van der Waals surface area (Å²) in [5.74, 6) is 0. The fourth-order valence-electron chi connectivity index (χ4n) is 0. The largest absolute Gasteiger partial charge is 0.392 e. The van der Waals surface area contributed by atoms with Crippen molar-refractivity contribution in [3.05, 3.63) is 48.9 Å². The molecule has 0 aromatic heterocycles. The van der Waals surface area contributed by atoms with Crippen LogP contribution in [0.1, 0.15) is 56.4 Å². The molecule has 164 valence electrons. The molecular formula is C22H56N4. The van der Waals surface area contributed by atoms with E-state index in [0.717, 1.165) is 11.4 Å². The molecule has 4 nitrogen and oxygen atoms in total. The first-order chi connectivity index (χ1) is 10.8. The van der Waals surface area contributed by atoms with Crippen molar-refractivity contribution >= 4 is 0 Å². The van der Waals surface area contributed by atoms with Gasteiger partial charge >= 0.3 is 0 Å². The average Bonchev–Trinajstić information content (AvgIpc) is 2.41. The summed E-state index contributed by atoms with van der Waals surface area (Å²) in [6.07, 6.45) is 0. The number of nitrogens with one attached hydrogen (secondary N) is 2. The number of nitrogens with two attached hydrogens (primary N) is 1. The molecule has 0 aromatic carbocycles. The molecule has 0 atom stereocenters. The summed E-state index contributed by atoms with van der Waals surface area (Å²) in [7, 11) is 11.0. The Morgan fingerprint density at radius 2 is 0.769 bits per heavy atom. The van der Waals surface area contributed by atoms with E-state index in [-0.39, 0.29) is 14.9 Å². The van der Waals surface area contributed by atoms with Gasteiger partial charge in [-0.15, -0.1) is 13.2 Å². The van der Waals surface area contributed by atoms with E-state index in [4.69, 9.17) is 0 Å². The van der Waals surface area contributed by atoms with Gasteiger partial charge in [-0.1, -0.05) is 39.2 Å². The molecule has 26 heavy (non-hydrogen) atoms. The van der Waals surface area contributed by atoms with Gasteiger partial charge in [-0.2, -0.15) is 0 Å². The second-order valence-corrected chi connectivity index (χ2v) is 5.57. The zero-order valence-corrected chi connectivity index (χ0v) is 18.9. The maximum absolute atomic E-state index is 4.50. The molecule has 0 aliphatic heterocycles. The van der Waals surface area contributed by atoms with Crippen molar-refractivity contribution in [2.24, 2.45) is 5.73 Å². The van der Waals surface area contributed by atoms with Crippen LogP contribution in [0.5, 0.6) is 0 Å². The highest BCUT2D eigenvalue weighted by Crippen LogP contribution is 1.86. The summed E-state index contributed by atoms with van der Waals surface area (Å²) in [4.78, 5) is 1.97. The van der Waals surface area contributed by atoms with Crippen LogP contribution in [0.25, 0.3) is 0 Å². The topological polar surface area (TPSA) is 53.3 Å². The van der Waals surface area contributed by atoms with Crippen molar-refractivity contribution in [3.63, 3.8) is 0 Å². The van der Waals surface area contributed by atoms with Crippen LogP contribution >= 0.6 is 0 Å². The molecule has 0 radical (unpaired) electrons. The Balaban J connectivity index is -0.0000000253. The lowest BCUT2D eigenvalue weighted by Gasteiger charge is -2.08. The summed E-state index contributed by atoms with van der Waals surface area (Å²) in [5.41, 5.74) is 8.93. The van der Waals surface area contributed by atoms with Gasteiger partial charge in [0.05, 0.1) is 0 Å². The van der Waals surface area contributed by atoms with Crippen LogP contribution in [0.4, 0.5) is 0 Å². The van der Waals surface area contributed by atoms with Gasteiger partial charge in [0, 0.05) is 26.8 Å². The zero-order chi connectivity index (χ0) is 21.3. The van der Waals surface area contributed by atoms with Gasteiger partial charge < -0.3 is 21.3 Å². The van der Waals surface area contributed by atoms with Crippen molar-refractivity contribution in [2.45, 2.75) is 56.4 Å². The molecule has 0 aromatic rings. The van der Waals surface area contributed by atoms with Crippen molar-refractivity contribution < 1.29 is 0 Å². The summed E-state index contributed by atoms with van der Waals surface area (Å²) < 4.78 is 0. The van der Waals surface area contributed by atoms with E-state index in [1.165, 1.54) is 18.2 Å². The number of allylic oxidation sites excluding steroid dienone is 4. The van der Waals surface area contributed by atoms with E-state index in [1.807, 2.05) is 81.7 Å². The van der Waals surface area contributed by atoms with Crippen molar-refractivity contribution in [1.82, 2.24) is 15.5 Å². The molecule has 0 bridgehead atoms. The second-order valence-electron chi connectivity index (χ2n) is 5.57. The van der Waals surface area contributed by atoms with Gasteiger partial charge in [-0.25, -0.2) is 0 Å². The monoisotopic (exact) mass is 376 g/mol. The van der Waals surface area contributed by atoms with E-state index in [2.05, 4.69) is 42.7 Å². The van der Waals surface area contributed by atoms with Crippen LogP contribution in [0.15, 0.2) is 48.9 Å². The van der Waals surface area contributed by atoms with Gasteiger partial charge in [0.1, 0.15) is 0 Å². The van der Waals surface area contributed by atoms with Gasteiger partial charge in [-0.3, -0.25) is 0 Å². The third-order valence-corrected chi connectivity index (χ3v) is 1.19. The van der Waals surface area contributed by atoms with Crippen LogP contribution in [-0.4, -0.2) is 47.2 Å². The molecular weight excluding hydrogens is 320 g/mol. The number of rotatable bonds is 2. The summed E-state index contributed by atoms with van der Waals surface area (Å²) in [5, 5.41) is 5.58. The number of nitrogens with zero attached hydrogens (tertiary/aromatic N) is 1. The van der Waals surface area contributed by atoms with Crippen LogP contribution < -0.4 is 16.4 Å². The minimum Gasteiger partial charge on any atom is -0.392 e. The van der Waals surface area contributed by atoms with Crippen molar-refractivity contribution in [1.29, 1.82) is 0 Å². The van der Waals surface area contributed by atoms with Crippen molar-refractivity contribution in [3.8, 4) is 0 Å². The van der Waals surface area contributed by atoms with E-state index < -0.39 is 0 Å². The first-order valence-corrected chi connectivity index (χ1v) is 7.86. The molecule has 0 heterocycles. The third kappa shape index (κ3) is 517. The molecule has 0 spiro atoms. The standard InChI is InChI=1S/C5H11N.C4H9N.2C4H8.C2H7N.CH5N.2CH4/c1-5(2)6(3)4;1-4(2)5-3;2*1-4(2)3;1-3-2;1-2;;/h1H2,2-4H3;5H,1H2,2-3H3;2*1H2,2-3H3;3H,1-2H3;2H2,1H3;2*1H4. The predicted octanol–water partition coefficient (Wildman–Crippen LogP) is 5.67. The smallest absolute Gasteiger partial charge is 0.00578 e. The molecule has 0 rings (SSSR count). The van der Waals surface area contributed by atoms with E-state index >= 15 is 0 Å². The molecule has 0 saturated carbocycles. The summed E-state index contributed by atoms with van der Waals surface area (Å²) >= 11 is 0. The van der Waals surface area contributed by atoms with Crippen LogP contribution in [0.2, 0.25) is 0 Å². The highest BCUT2D eigenvalue weighted by atomic mass is 15.1. The van der Waals surface area contributed by atoms with Crippen LogP contribution in [-0.2, 0) is 0 Å². The molecule has 0 amide bonds. The maximum Gasteiger partial charge on any atom is 0.00578 e. The lowest BCUT2D eigenvalue weighted by atomic mass is 10.4. The molecule has 0 saturated heterocycles.